The van der Waals surface area contributed by atoms with Gasteiger partial charge in [0.25, 0.3) is 0 Å². The first kappa shape index (κ1) is 16.2. The molecule has 0 saturated heterocycles. The van der Waals surface area contributed by atoms with Gasteiger partial charge in [-0.25, -0.2) is 18.4 Å². The van der Waals surface area contributed by atoms with Crippen LogP contribution in [0.15, 0.2) is 59.2 Å². The summed E-state index contributed by atoms with van der Waals surface area (Å²) in [6.07, 6.45) is 3.80. The molecule has 2 N–H and O–H groups in total. The fourth-order valence-electron chi connectivity index (χ4n) is 2.21. The Bertz CT molecular complexity index is 965. The Morgan fingerprint density at radius 2 is 2.00 bits per heavy atom. The number of nitrogens with zero attached hydrogens (tertiary/aromatic N) is 2. The molecule has 8 heteroatoms. The van der Waals surface area contributed by atoms with Crippen molar-refractivity contribution >= 4 is 20.9 Å². The van der Waals surface area contributed by atoms with Crippen LogP contribution in [0.2, 0.25) is 0 Å². The summed E-state index contributed by atoms with van der Waals surface area (Å²) >= 11 is 0. The largest absolute Gasteiger partial charge is 0.472 e. The number of nitrogens with one attached hydrogen (secondary N) is 1. The van der Waals surface area contributed by atoms with Crippen LogP contribution in [0.3, 0.4) is 0 Å². The van der Waals surface area contributed by atoms with Gasteiger partial charge in [0.2, 0.25) is 15.7 Å². The van der Waals surface area contributed by atoms with Gasteiger partial charge in [-0.1, -0.05) is 30.3 Å². The number of ether oxygens (including phenoxy) is 1. The highest BCUT2D eigenvalue weighted by Crippen LogP contribution is 2.30. The van der Waals surface area contributed by atoms with Crippen LogP contribution in [0.25, 0.3) is 11.0 Å². The third kappa shape index (κ3) is 3.29. The van der Waals surface area contributed by atoms with Crippen molar-refractivity contribution in [2.24, 2.45) is 0 Å². The van der Waals surface area contributed by atoms with Crippen LogP contribution in [0.5, 0.6) is 5.88 Å². The highest BCUT2D eigenvalue weighted by Gasteiger charge is 2.21. The van der Waals surface area contributed by atoms with E-state index in [4.69, 9.17) is 9.84 Å². The lowest BCUT2D eigenvalue weighted by Gasteiger charge is -2.07. The van der Waals surface area contributed by atoms with Gasteiger partial charge >= 0.3 is 0 Å². The number of hydrogen-bond acceptors (Lipinski definition) is 6. The van der Waals surface area contributed by atoms with Crippen LogP contribution in [0, 0.1) is 0 Å². The Balaban J connectivity index is 2.00. The monoisotopic (exact) mass is 345 g/mol. The fourth-order valence-corrected chi connectivity index (χ4v) is 3.39. The highest BCUT2D eigenvalue weighted by atomic mass is 32.2. The molecule has 0 spiro atoms. The van der Waals surface area contributed by atoms with Crippen molar-refractivity contribution in [3.63, 3.8) is 0 Å². The van der Waals surface area contributed by atoms with E-state index in [-0.39, 0.29) is 29.4 Å². The van der Waals surface area contributed by atoms with Gasteiger partial charge in [0.05, 0.1) is 12.0 Å². The zero-order valence-corrected chi connectivity index (χ0v) is 13.4. The summed E-state index contributed by atoms with van der Waals surface area (Å²) in [7, 11) is -3.74. The Morgan fingerprint density at radius 1 is 1.21 bits per heavy atom. The van der Waals surface area contributed by atoms with Crippen molar-refractivity contribution in [2.75, 3.05) is 6.61 Å². The molecule has 24 heavy (non-hydrogen) atoms. The zero-order valence-electron chi connectivity index (χ0n) is 12.6. The second kappa shape index (κ2) is 6.81. The third-order valence-corrected chi connectivity index (χ3v) is 4.79. The number of aromatic nitrogens is 3. The molecular formula is C16H15N3O4S. The normalized spacial score (nSPS) is 12.0. The number of hydrogen-bond donors (Lipinski definition) is 2. The van der Waals surface area contributed by atoms with Crippen molar-refractivity contribution in [3.8, 4) is 5.88 Å². The second-order valence-corrected chi connectivity index (χ2v) is 6.73. The van der Waals surface area contributed by atoms with E-state index in [1.165, 1.54) is 12.5 Å². The maximum atomic E-state index is 12.4. The number of aromatic amines is 1. The molecule has 0 saturated carbocycles. The summed E-state index contributed by atoms with van der Waals surface area (Å²) in [5.41, 5.74) is 1.30. The van der Waals surface area contributed by atoms with E-state index < -0.39 is 9.84 Å². The van der Waals surface area contributed by atoms with Crippen LogP contribution in [0.4, 0.5) is 0 Å². The summed E-state index contributed by atoms with van der Waals surface area (Å²) in [6, 6.07) is 9.48. The molecule has 0 amide bonds. The Hall–Kier alpha value is -2.71. The van der Waals surface area contributed by atoms with Gasteiger partial charge in [-0.3, -0.25) is 0 Å². The first-order valence-electron chi connectivity index (χ1n) is 7.13. The van der Waals surface area contributed by atoms with Crippen LogP contribution >= 0.6 is 0 Å². The van der Waals surface area contributed by atoms with Gasteiger partial charge in [-0.2, -0.15) is 0 Å². The summed E-state index contributed by atoms with van der Waals surface area (Å²) in [5, 5.41) is 10.0. The van der Waals surface area contributed by atoms with Gasteiger partial charge in [-0.05, 0) is 11.6 Å². The molecule has 0 bridgehead atoms. The molecule has 2 aromatic heterocycles. The van der Waals surface area contributed by atoms with Crippen molar-refractivity contribution in [1.82, 2.24) is 15.0 Å². The number of aliphatic hydroxyl groups excluding tert-OH is 1. The average Bonchev–Trinajstić information content (AvgIpc) is 3.05. The van der Waals surface area contributed by atoms with Gasteiger partial charge in [0.15, 0.2) is 0 Å². The van der Waals surface area contributed by atoms with Crippen molar-refractivity contribution in [3.05, 3.63) is 59.9 Å². The number of benzene rings is 1. The van der Waals surface area contributed by atoms with E-state index in [9.17, 15) is 8.42 Å². The van der Waals surface area contributed by atoms with E-state index in [2.05, 4.69) is 15.0 Å². The standard InChI is InChI=1S/C16H15N3O4S/c20-7-4-8-24(21,22)13-9-17-15-14(13)16(19-11-18-15)23-10-12-5-2-1-3-6-12/h1-6,8-9,11,20H,7,10H2,(H,17,18,19)/b8-4+. The topological polar surface area (TPSA) is 105 Å². The number of aliphatic hydroxyl groups is 1. The molecule has 1 aromatic carbocycles. The summed E-state index contributed by atoms with van der Waals surface area (Å²) in [4.78, 5) is 10.9. The Labute approximate surface area is 138 Å². The van der Waals surface area contributed by atoms with E-state index >= 15 is 0 Å². The Kier molecular flexibility index (Phi) is 4.59. The molecule has 124 valence electrons. The minimum atomic E-state index is -3.74. The number of fused-ring (bicyclic) bond motifs is 1. The number of sulfone groups is 1. The van der Waals surface area contributed by atoms with Crippen molar-refractivity contribution in [1.29, 1.82) is 0 Å². The molecule has 0 aliphatic rings. The minimum absolute atomic E-state index is 0.00543. The summed E-state index contributed by atoms with van der Waals surface area (Å²) in [5.74, 6) is 0.182. The molecule has 3 aromatic rings. The lowest BCUT2D eigenvalue weighted by atomic mass is 10.2. The van der Waals surface area contributed by atoms with Crippen LogP contribution < -0.4 is 4.74 Å². The van der Waals surface area contributed by atoms with E-state index in [0.717, 1.165) is 17.0 Å². The summed E-state index contributed by atoms with van der Waals surface area (Å²) in [6.45, 7) is -0.112. The average molecular weight is 345 g/mol. The molecule has 0 radical (unpaired) electrons. The summed E-state index contributed by atoms with van der Waals surface area (Å²) < 4.78 is 30.4. The number of H-pyrrole nitrogens is 1. The lowest BCUT2D eigenvalue weighted by Crippen LogP contribution is -2.01. The molecule has 2 heterocycles. The molecule has 3 rings (SSSR count). The molecule has 7 nitrogen and oxygen atoms in total. The van der Waals surface area contributed by atoms with Crippen molar-refractivity contribution < 1.29 is 18.3 Å². The fraction of sp³-hybridized carbons (Fsp3) is 0.125. The number of rotatable bonds is 6. The minimum Gasteiger partial charge on any atom is -0.472 e. The maximum absolute atomic E-state index is 12.4. The third-order valence-electron chi connectivity index (χ3n) is 3.30. The van der Waals surface area contributed by atoms with Crippen LogP contribution in [-0.2, 0) is 16.4 Å². The zero-order chi connectivity index (χ0) is 17.0. The SMILES string of the molecule is O=S(=O)(/C=C/CO)c1c[nH]c2ncnc(OCc3ccccc3)c12. The molecule has 0 fully saturated rings. The van der Waals surface area contributed by atoms with E-state index in [1.807, 2.05) is 30.3 Å². The van der Waals surface area contributed by atoms with E-state index in [0.29, 0.717) is 5.65 Å². The first-order valence-corrected chi connectivity index (χ1v) is 8.68. The quantitative estimate of drug-likeness (QED) is 0.706. The molecule has 0 unspecified atom stereocenters. The highest BCUT2D eigenvalue weighted by molar-refractivity contribution is 7.94. The molecule has 0 aliphatic heterocycles. The van der Waals surface area contributed by atoms with E-state index in [1.54, 1.807) is 0 Å². The van der Waals surface area contributed by atoms with Crippen LogP contribution in [-0.4, -0.2) is 35.1 Å². The van der Waals surface area contributed by atoms with Gasteiger partial charge < -0.3 is 14.8 Å². The maximum Gasteiger partial charge on any atom is 0.227 e. The predicted molar refractivity (Wildman–Crippen MR) is 88.1 cm³/mol. The first-order chi connectivity index (χ1) is 11.6. The lowest BCUT2D eigenvalue weighted by molar-refractivity contribution is 0.297. The van der Waals surface area contributed by atoms with Gasteiger partial charge in [-0.15, -0.1) is 0 Å². The smallest absolute Gasteiger partial charge is 0.227 e. The second-order valence-electron chi connectivity index (χ2n) is 4.93. The van der Waals surface area contributed by atoms with Crippen LogP contribution in [0.1, 0.15) is 5.56 Å². The van der Waals surface area contributed by atoms with Gasteiger partial charge in [0.1, 0.15) is 23.5 Å². The molecular weight excluding hydrogens is 330 g/mol. The molecule has 0 aliphatic carbocycles. The predicted octanol–water partition coefficient (Wildman–Crippen LogP) is 1.82. The van der Waals surface area contributed by atoms with Gasteiger partial charge in [0, 0.05) is 11.6 Å². The molecule has 0 atom stereocenters. The Morgan fingerprint density at radius 3 is 2.75 bits per heavy atom. The van der Waals surface area contributed by atoms with Crippen molar-refractivity contribution in [2.45, 2.75) is 11.5 Å².